The van der Waals surface area contributed by atoms with Gasteiger partial charge in [-0.15, -0.1) is 0 Å². The molecule has 0 fully saturated rings. The van der Waals surface area contributed by atoms with Crippen LogP contribution in [0, 0.1) is 13.8 Å². The second-order valence-electron chi connectivity index (χ2n) is 7.31. The van der Waals surface area contributed by atoms with Crippen LogP contribution in [0.15, 0.2) is 36.4 Å². The van der Waals surface area contributed by atoms with Crippen LogP contribution in [0.1, 0.15) is 55.9 Å². The van der Waals surface area contributed by atoms with Crippen molar-refractivity contribution in [1.29, 1.82) is 0 Å². The van der Waals surface area contributed by atoms with E-state index in [0.717, 1.165) is 31.7 Å². The summed E-state index contributed by atoms with van der Waals surface area (Å²) in [7, 11) is 2.36. The van der Waals surface area contributed by atoms with Crippen LogP contribution in [0.5, 0.6) is 5.75 Å². The summed E-state index contributed by atoms with van der Waals surface area (Å²) in [5.41, 5.74) is 5.28. The van der Waals surface area contributed by atoms with Gasteiger partial charge < -0.3 is 14.8 Å². The highest BCUT2D eigenvalue weighted by molar-refractivity contribution is 7.48. The van der Waals surface area contributed by atoms with Crippen LogP contribution in [-0.2, 0) is 16.4 Å². The first-order chi connectivity index (χ1) is 13.5. The molecule has 1 N–H and O–H groups in total. The van der Waals surface area contributed by atoms with E-state index in [1.165, 1.54) is 27.6 Å². The maximum atomic E-state index is 6.06. The van der Waals surface area contributed by atoms with Crippen LogP contribution in [0.2, 0.25) is 0 Å². The van der Waals surface area contributed by atoms with Crippen molar-refractivity contribution in [3.05, 3.63) is 58.7 Å². The molecule has 3 nitrogen and oxygen atoms in total. The molecule has 4 heteroatoms. The average Bonchev–Trinajstić information content (AvgIpc) is 2.71. The largest absolute Gasteiger partial charge is 0.467 e. The molecule has 0 saturated heterocycles. The molecule has 0 aliphatic rings. The quantitative estimate of drug-likeness (QED) is 0.403. The van der Waals surface area contributed by atoms with Gasteiger partial charge in [-0.05, 0) is 55.2 Å². The van der Waals surface area contributed by atoms with Crippen LogP contribution in [0.25, 0.3) is 0 Å². The van der Waals surface area contributed by atoms with Gasteiger partial charge >= 0.3 is 0 Å². The van der Waals surface area contributed by atoms with Crippen LogP contribution >= 0.6 is 8.58 Å². The molecule has 0 aliphatic heterocycles. The van der Waals surface area contributed by atoms with Gasteiger partial charge in [0.05, 0.1) is 0 Å². The SMILES string of the molecule is CCNCc1cccc(C)c1PC(CC)(CC)c1cccc(C)c1OCOC. The Morgan fingerprint density at radius 2 is 1.64 bits per heavy atom. The van der Waals surface area contributed by atoms with Crippen molar-refractivity contribution >= 4 is 13.9 Å². The van der Waals surface area contributed by atoms with Gasteiger partial charge in [0.2, 0.25) is 0 Å². The number of ether oxygens (including phenoxy) is 2. The molecule has 1 unspecified atom stereocenters. The Morgan fingerprint density at radius 3 is 2.29 bits per heavy atom. The molecule has 1 atom stereocenters. The number of hydrogen-bond donors (Lipinski definition) is 1. The van der Waals surface area contributed by atoms with Crippen molar-refractivity contribution in [2.75, 3.05) is 20.4 Å². The standard InChI is InChI=1S/C24H36NO2P/c1-7-24(8-2,21-15-11-12-18(4)22(21)27-17-26-6)28-23-19(5)13-10-14-20(23)16-25-9-3/h10-15,25,28H,7-9,16-17H2,1-6H3. The van der Waals surface area contributed by atoms with Crippen LogP contribution in [0.4, 0.5) is 0 Å². The zero-order valence-electron chi connectivity index (χ0n) is 18.3. The lowest BCUT2D eigenvalue weighted by atomic mass is 9.90. The first-order valence-electron chi connectivity index (χ1n) is 10.3. The van der Waals surface area contributed by atoms with E-state index in [2.05, 4.69) is 76.3 Å². The lowest BCUT2D eigenvalue weighted by molar-refractivity contribution is 0.0494. The molecule has 0 aliphatic carbocycles. The molecule has 0 aromatic heterocycles. The normalized spacial score (nSPS) is 12.1. The number of aryl methyl sites for hydroxylation is 2. The molecular formula is C24H36NO2P. The highest BCUT2D eigenvalue weighted by Crippen LogP contribution is 2.51. The zero-order valence-corrected chi connectivity index (χ0v) is 19.3. The summed E-state index contributed by atoms with van der Waals surface area (Å²) in [6, 6.07) is 13.2. The molecule has 0 heterocycles. The number of rotatable bonds is 11. The second kappa shape index (κ2) is 11.0. The third-order valence-corrected chi connectivity index (χ3v) is 7.96. The summed E-state index contributed by atoms with van der Waals surface area (Å²) in [6.45, 7) is 13.3. The Labute approximate surface area is 173 Å². The van der Waals surface area contributed by atoms with Gasteiger partial charge in [-0.25, -0.2) is 0 Å². The summed E-state index contributed by atoms with van der Waals surface area (Å²) < 4.78 is 11.3. The van der Waals surface area contributed by atoms with Gasteiger partial charge in [0.25, 0.3) is 0 Å². The maximum absolute atomic E-state index is 6.06. The molecule has 154 valence electrons. The van der Waals surface area contributed by atoms with Gasteiger partial charge in [0.1, 0.15) is 5.75 Å². The summed E-state index contributed by atoms with van der Waals surface area (Å²) in [5.74, 6) is 0.988. The van der Waals surface area contributed by atoms with E-state index in [4.69, 9.17) is 9.47 Å². The highest BCUT2D eigenvalue weighted by Gasteiger charge is 2.33. The van der Waals surface area contributed by atoms with Crippen LogP contribution in [0.3, 0.4) is 0 Å². The smallest absolute Gasteiger partial charge is 0.188 e. The summed E-state index contributed by atoms with van der Waals surface area (Å²) in [6.07, 6.45) is 2.15. The monoisotopic (exact) mass is 401 g/mol. The molecule has 0 saturated carbocycles. The van der Waals surface area contributed by atoms with E-state index in [1.807, 2.05) is 0 Å². The highest BCUT2D eigenvalue weighted by atomic mass is 31.1. The molecule has 28 heavy (non-hydrogen) atoms. The molecule has 0 amide bonds. The van der Waals surface area contributed by atoms with E-state index in [9.17, 15) is 0 Å². The van der Waals surface area contributed by atoms with Gasteiger partial charge in [-0.3, -0.25) is 0 Å². The van der Waals surface area contributed by atoms with Crippen LogP contribution in [-0.4, -0.2) is 20.4 Å². The average molecular weight is 402 g/mol. The number of benzene rings is 2. The second-order valence-corrected chi connectivity index (χ2v) is 9.01. The topological polar surface area (TPSA) is 30.5 Å². The van der Waals surface area contributed by atoms with Crippen molar-refractivity contribution < 1.29 is 9.47 Å². The molecule has 0 bridgehead atoms. The molecule has 2 aromatic rings. The van der Waals surface area contributed by atoms with Crippen molar-refractivity contribution in [2.45, 2.75) is 59.2 Å². The van der Waals surface area contributed by atoms with Crippen molar-refractivity contribution in [1.82, 2.24) is 5.32 Å². The predicted octanol–water partition coefficient (Wildman–Crippen LogP) is 5.41. The number of nitrogens with one attached hydrogen (secondary N) is 1. The van der Waals surface area contributed by atoms with Gasteiger partial charge in [0, 0.05) is 24.4 Å². The van der Waals surface area contributed by atoms with E-state index in [1.54, 1.807) is 7.11 Å². The third kappa shape index (κ3) is 5.14. The summed E-state index contributed by atoms with van der Waals surface area (Å²) >= 11 is 0. The van der Waals surface area contributed by atoms with Crippen molar-refractivity contribution in [2.24, 2.45) is 0 Å². The summed E-state index contributed by atoms with van der Waals surface area (Å²) in [4.78, 5) is 0. The molecule has 2 rings (SSSR count). The minimum Gasteiger partial charge on any atom is -0.467 e. The van der Waals surface area contributed by atoms with Crippen LogP contribution < -0.4 is 15.4 Å². The lowest BCUT2D eigenvalue weighted by Gasteiger charge is -2.35. The number of methoxy groups -OCH3 is 1. The Morgan fingerprint density at radius 1 is 0.964 bits per heavy atom. The Kier molecular flexibility index (Phi) is 8.95. The van der Waals surface area contributed by atoms with E-state index in [-0.39, 0.29) is 11.9 Å². The first-order valence-corrected chi connectivity index (χ1v) is 11.3. The Bertz CT molecular complexity index is 756. The van der Waals surface area contributed by atoms with Gasteiger partial charge in [-0.2, -0.15) is 0 Å². The Hall–Kier alpha value is -1.41. The van der Waals surface area contributed by atoms with E-state index < -0.39 is 0 Å². The Balaban J connectivity index is 2.53. The molecule has 0 spiro atoms. The third-order valence-electron chi connectivity index (χ3n) is 5.54. The fourth-order valence-corrected chi connectivity index (χ4v) is 5.54. The lowest BCUT2D eigenvalue weighted by Crippen LogP contribution is -2.27. The minimum absolute atomic E-state index is 0.0577. The molecule has 0 radical (unpaired) electrons. The first kappa shape index (κ1) is 22.9. The van der Waals surface area contributed by atoms with E-state index in [0.29, 0.717) is 8.58 Å². The predicted molar refractivity (Wildman–Crippen MR) is 122 cm³/mol. The van der Waals surface area contributed by atoms with Gasteiger partial charge in [-0.1, -0.05) is 65.8 Å². The maximum Gasteiger partial charge on any atom is 0.188 e. The van der Waals surface area contributed by atoms with E-state index >= 15 is 0 Å². The fourth-order valence-electron chi connectivity index (χ4n) is 3.77. The number of para-hydroxylation sites is 1. The van der Waals surface area contributed by atoms with Gasteiger partial charge in [0.15, 0.2) is 6.79 Å². The molecule has 2 aromatic carbocycles. The minimum atomic E-state index is 0.0577. The summed E-state index contributed by atoms with van der Waals surface area (Å²) in [5, 5.41) is 5.06. The number of hydrogen-bond acceptors (Lipinski definition) is 3. The van der Waals surface area contributed by atoms with Crippen molar-refractivity contribution in [3.63, 3.8) is 0 Å². The zero-order chi connectivity index (χ0) is 20.6. The van der Waals surface area contributed by atoms with Crippen molar-refractivity contribution in [3.8, 4) is 5.75 Å². The molecular weight excluding hydrogens is 365 g/mol. The fraction of sp³-hybridized carbons (Fsp3) is 0.500.